The Morgan fingerprint density at radius 3 is 1.24 bits per heavy atom. The van der Waals surface area contributed by atoms with Crippen LogP contribution in [0.1, 0.15) is 63.6 Å². The van der Waals surface area contributed by atoms with E-state index < -0.39 is 5.41 Å². The van der Waals surface area contributed by atoms with Crippen LogP contribution in [0.25, 0.3) is 33.7 Å². The highest BCUT2D eigenvalue weighted by Crippen LogP contribution is 2.46. The Kier molecular flexibility index (Phi) is 5.68. The van der Waals surface area contributed by atoms with E-state index in [0.29, 0.717) is 0 Å². The standard InChI is InChI=1S/C42H36N4/c1-41(2)35-23-33(29-19-11-13-21-31(29)35)39-43-37(25-45(39)27-15-7-5-8-16-27)42(3,4)38-26-46(28-17-9-6-10-18-28)40(44-38)34-24-36(41)32-22-14-12-20-30(32)34/h5-22,25-26H,23-24H2,1-4H3. The zero-order valence-electron chi connectivity index (χ0n) is 26.8. The fraction of sp³-hybridized carbons (Fsp3) is 0.190. The number of rotatable bonds is 2. The van der Waals surface area contributed by atoms with Crippen LogP contribution in [0.15, 0.2) is 122 Å². The van der Waals surface area contributed by atoms with Gasteiger partial charge in [-0.1, -0.05) is 98.8 Å². The number of hydrogen-bond donors (Lipinski definition) is 0. The molecule has 4 heteroatoms. The van der Waals surface area contributed by atoms with E-state index in [1.165, 1.54) is 43.2 Å². The van der Waals surface area contributed by atoms with E-state index in [1.54, 1.807) is 0 Å². The van der Waals surface area contributed by atoms with E-state index in [2.05, 4.69) is 158 Å². The van der Waals surface area contributed by atoms with Crippen molar-refractivity contribution in [2.75, 3.05) is 0 Å². The van der Waals surface area contributed by atoms with Gasteiger partial charge in [0.25, 0.3) is 0 Å². The summed E-state index contributed by atoms with van der Waals surface area (Å²) in [5, 5.41) is 5.26. The minimum Gasteiger partial charge on any atom is -0.300 e. The molecule has 4 nitrogen and oxygen atoms in total. The average Bonchev–Trinajstić information content (AvgIpc) is 3.87. The highest BCUT2D eigenvalue weighted by Gasteiger charge is 2.39. The first-order valence-electron chi connectivity index (χ1n) is 16.3. The molecular formula is C42H36N4. The molecule has 4 aromatic carbocycles. The summed E-state index contributed by atoms with van der Waals surface area (Å²) in [7, 11) is 0. The van der Waals surface area contributed by atoms with Gasteiger partial charge < -0.3 is 0 Å². The van der Waals surface area contributed by atoms with Gasteiger partial charge in [0.1, 0.15) is 11.6 Å². The van der Waals surface area contributed by atoms with Gasteiger partial charge in [0, 0.05) is 40.3 Å². The lowest BCUT2D eigenvalue weighted by Gasteiger charge is -2.30. The maximum Gasteiger partial charge on any atom is 0.141 e. The Bertz CT molecular complexity index is 2280. The minimum absolute atomic E-state index is 0.195. The summed E-state index contributed by atoms with van der Waals surface area (Å²) in [5.41, 5.74) is 9.08. The molecule has 9 rings (SSSR count). The van der Waals surface area contributed by atoms with Crippen molar-refractivity contribution in [3.63, 3.8) is 0 Å². The molecular weight excluding hydrogens is 560 g/mol. The van der Waals surface area contributed by atoms with E-state index >= 15 is 0 Å². The molecule has 3 heterocycles. The van der Waals surface area contributed by atoms with Gasteiger partial charge in [-0.25, -0.2) is 9.97 Å². The van der Waals surface area contributed by atoms with Crippen LogP contribution in [-0.2, 0) is 5.41 Å². The third-order valence-electron chi connectivity index (χ3n) is 10.7. The van der Waals surface area contributed by atoms with Crippen LogP contribution in [0, 0.1) is 5.41 Å². The molecule has 0 spiro atoms. The number of fused-ring (bicyclic) bond motifs is 12. The lowest BCUT2D eigenvalue weighted by Crippen LogP contribution is -2.32. The summed E-state index contributed by atoms with van der Waals surface area (Å²) < 4.78 is 4.61. The average molecular weight is 597 g/mol. The molecule has 0 N–H and O–H groups in total. The summed E-state index contributed by atoms with van der Waals surface area (Å²) in [6, 6.07) is 39.2. The van der Waals surface area contributed by atoms with Gasteiger partial charge >= 0.3 is 0 Å². The number of aromatic nitrogens is 4. The van der Waals surface area contributed by atoms with E-state index in [-0.39, 0.29) is 5.41 Å². The van der Waals surface area contributed by atoms with Gasteiger partial charge in [-0.05, 0) is 83.0 Å². The van der Waals surface area contributed by atoms with Crippen molar-refractivity contribution in [2.45, 2.75) is 46.0 Å². The highest BCUT2D eigenvalue weighted by atomic mass is 15.1. The maximum absolute atomic E-state index is 5.53. The van der Waals surface area contributed by atoms with Crippen LogP contribution >= 0.6 is 0 Å². The minimum atomic E-state index is -0.455. The maximum atomic E-state index is 5.53. The van der Waals surface area contributed by atoms with E-state index in [4.69, 9.17) is 9.97 Å². The Balaban J connectivity index is 1.43. The van der Waals surface area contributed by atoms with E-state index in [9.17, 15) is 0 Å². The summed E-state index contributed by atoms with van der Waals surface area (Å²) in [6.45, 7) is 9.38. The molecule has 2 aliphatic carbocycles. The highest BCUT2D eigenvalue weighted by molar-refractivity contribution is 5.87. The van der Waals surface area contributed by atoms with Gasteiger partial charge in [0.2, 0.25) is 0 Å². The van der Waals surface area contributed by atoms with Crippen molar-refractivity contribution in [1.29, 1.82) is 0 Å². The summed E-state index contributed by atoms with van der Waals surface area (Å²) >= 11 is 0. The molecule has 3 aliphatic rings. The SMILES string of the molecule is CC1(C)C2=c3ccccc3=C(C2)c2nc(cn2-c2ccccc2)C(C)(C)c2cn(-c3ccccc3)c(n2)C2=c3ccccc3=C1C2. The van der Waals surface area contributed by atoms with E-state index in [0.717, 1.165) is 47.3 Å². The fourth-order valence-electron chi connectivity index (χ4n) is 7.94. The van der Waals surface area contributed by atoms with Crippen molar-refractivity contribution in [3.8, 4) is 11.4 Å². The Morgan fingerprint density at radius 1 is 0.457 bits per heavy atom. The predicted octanol–water partition coefficient (Wildman–Crippen LogP) is 5.93. The lowest BCUT2D eigenvalue weighted by molar-refractivity contribution is 0.600. The summed E-state index contributed by atoms with van der Waals surface area (Å²) in [5.74, 6) is 2.02. The second kappa shape index (κ2) is 9.64. The van der Waals surface area contributed by atoms with Crippen LogP contribution < -0.4 is 20.9 Å². The lowest BCUT2D eigenvalue weighted by atomic mass is 9.73. The normalized spacial score (nSPS) is 17.1. The number of benzene rings is 4. The first kappa shape index (κ1) is 27.1. The molecule has 0 fully saturated rings. The molecule has 2 aromatic heterocycles. The summed E-state index contributed by atoms with van der Waals surface area (Å²) in [6.07, 6.45) is 6.20. The van der Waals surface area contributed by atoms with Gasteiger partial charge in [0.15, 0.2) is 0 Å². The predicted molar refractivity (Wildman–Crippen MR) is 185 cm³/mol. The van der Waals surface area contributed by atoms with Crippen molar-refractivity contribution in [2.24, 2.45) is 5.41 Å². The number of nitrogens with zero attached hydrogens (tertiary/aromatic N) is 4. The number of para-hydroxylation sites is 2. The van der Waals surface area contributed by atoms with Crippen molar-refractivity contribution < 1.29 is 0 Å². The van der Waals surface area contributed by atoms with Crippen LogP contribution in [0.2, 0.25) is 0 Å². The molecule has 8 bridgehead atoms. The van der Waals surface area contributed by atoms with Crippen LogP contribution in [0.4, 0.5) is 0 Å². The largest absolute Gasteiger partial charge is 0.300 e. The molecule has 46 heavy (non-hydrogen) atoms. The Morgan fingerprint density at radius 2 is 0.826 bits per heavy atom. The monoisotopic (exact) mass is 596 g/mol. The molecule has 224 valence electrons. The Labute approximate surface area is 269 Å². The van der Waals surface area contributed by atoms with Crippen molar-refractivity contribution in [1.82, 2.24) is 19.1 Å². The smallest absolute Gasteiger partial charge is 0.141 e. The zero-order valence-corrected chi connectivity index (χ0v) is 26.8. The Hall–Kier alpha value is -5.22. The molecule has 1 aliphatic heterocycles. The number of imidazole rings is 2. The molecule has 0 atom stereocenters. The molecule has 0 radical (unpaired) electrons. The van der Waals surface area contributed by atoms with Gasteiger partial charge in [-0.15, -0.1) is 0 Å². The van der Waals surface area contributed by atoms with Gasteiger partial charge in [-0.3, -0.25) is 9.13 Å². The molecule has 0 saturated heterocycles. The summed E-state index contributed by atoms with van der Waals surface area (Å²) in [4.78, 5) is 11.1. The van der Waals surface area contributed by atoms with Gasteiger partial charge in [-0.2, -0.15) is 0 Å². The quantitative estimate of drug-likeness (QED) is 0.249. The van der Waals surface area contributed by atoms with Crippen LogP contribution in [0.5, 0.6) is 0 Å². The number of hydrogen-bond acceptors (Lipinski definition) is 2. The first-order valence-corrected chi connectivity index (χ1v) is 16.3. The van der Waals surface area contributed by atoms with Crippen LogP contribution in [0.3, 0.4) is 0 Å². The fourth-order valence-corrected chi connectivity index (χ4v) is 7.94. The van der Waals surface area contributed by atoms with Gasteiger partial charge in [0.05, 0.1) is 16.8 Å². The van der Waals surface area contributed by atoms with Crippen molar-refractivity contribution >= 4 is 22.3 Å². The molecule has 6 aromatic rings. The first-order chi connectivity index (χ1) is 22.3. The second-order valence-electron chi connectivity index (χ2n) is 13.9. The second-order valence-corrected chi connectivity index (χ2v) is 13.9. The topological polar surface area (TPSA) is 35.6 Å². The third-order valence-corrected chi connectivity index (χ3v) is 10.7. The molecule has 0 saturated carbocycles. The zero-order chi connectivity index (χ0) is 31.2. The third kappa shape index (κ3) is 3.79. The molecule has 0 unspecified atom stereocenters. The van der Waals surface area contributed by atoms with Crippen molar-refractivity contribution in [3.05, 3.63) is 165 Å². The molecule has 0 amide bonds. The van der Waals surface area contributed by atoms with E-state index in [1.807, 2.05) is 0 Å². The van der Waals surface area contributed by atoms with Crippen LogP contribution in [-0.4, -0.2) is 19.1 Å².